The first kappa shape index (κ1) is 18.5. The summed E-state index contributed by atoms with van der Waals surface area (Å²) in [4.78, 5) is 14.0. The van der Waals surface area contributed by atoms with Crippen LogP contribution in [0.2, 0.25) is 0 Å². The number of anilines is 1. The molecule has 1 aliphatic rings. The van der Waals surface area contributed by atoms with Crippen molar-refractivity contribution in [3.63, 3.8) is 0 Å². The zero-order valence-corrected chi connectivity index (χ0v) is 14.6. The zero-order chi connectivity index (χ0) is 18.7. The smallest absolute Gasteiger partial charge is 0.238 e. The quantitative estimate of drug-likeness (QED) is 0.826. The number of rotatable bonds is 6. The molecule has 0 bridgehead atoms. The minimum Gasteiger partial charge on any atom is -0.468 e. The van der Waals surface area contributed by atoms with Crippen LogP contribution in [0.15, 0.2) is 41.0 Å². The molecule has 1 aliphatic heterocycles. The van der Waals surface area contributed by atoms with E-state index in [-0.39, 0.29) is 36.3 Å². The maximum atomic E-state index is 13.3. The molecule has 1 fully saturated rings. The molecular formula is C17H18F2N2O4S. The maximum Gasteiger partial charge on any atom is 0.238 e. The lowest BCUT2D eigenvalue weighted by Crippen LogP contribution is -2.41. The molecule has 0 spiro atoms. The molecule has 1 saturated heterocycles. The van der Waals surface area contributed by atoms with E-state index in [9.17, 15) is 22.0 Å². The third kappa shape index (κ3) is 4.67. The second-order valence-electron chi connectivity index (χ2n) is 6.22. The summed E-state index contributed by atoms with van der Waals surface area (Å²) >= 11 is 0. The highest BCUT2D eigenvalue weighted by molar-refractivity contribution is 7.91. The van der Waals surface area contributed by atoms with Gasteiger partial charge < -0.3 is 9.73 Å². The molecule has 2 aromatic rings. The highest BCUT2D eigenvalue weighted by atomic mass is 32.2. The van der Waals surface area contributed by atoms with Crippen LogP contribution in [0, 0.1) is 11.6 Å². The topological polar surface area (TPSA) is 79.6 Å². The number of nitrogens with one attached hydrogen (secondary N) is 1. The van der Waals surface area contributed by atoms with E-state index >= 15 is 0 Å². The van der Waals surface area contributed by atoms with Crippen LogP contribution in [0.1, 0.15) is 12.2 Å². The van der Waals surface area contributed by atoms with E-state index in [0.29, 0.717) is 12.2 Å². The molecule has 1 aromatic heterocycles. The van der Waals surface area contributed by atoms with E-state index in [4.69, 9.17) is 4.42 Å². The van der Waals surface area contributed by atoms with Crippen molar-refractivity contribution < 1.29 is 26.4 Å². The van der Waals surface area contributed by atoms with Gasteiger partial charge >= 0.3 is 0 Å². The molecule has 6 nitrogen and oxygen atoms in total. The molecule has 1 amide bonds. The first-order valence-electron chi connectivity index (χ1n) is 8.04. The molecule has 2 heterocycles. The van der Waals surface area contributed by atoms with Gasteiger partial charge in [0.05, 0.1) is 30.9 Å². The number of halogens is 2. The number of carbonyl (C=O) groups excluding carboxylic acids is 1. The van der Waals surface area contributed by atoms with Crippen molar-refractivity contribution in [3.05, 3.63) is 54.0 Å². The van der Waals surface area contributed by atoms with E-state index in [1.807, 2.05) is 0 Å². The van der Waals surface area contributed by atoms with Crippen LogP contribution in [0.4, 0.5) is 14.5 Å². The first-order chi connectivity index (χ1) is 12.3. The summed E-state index contributed by atoms with van der Waals surface area (Å²) in [7, 11) is -3.12. The van der Waals surface area contributed by atoms with Crippen LogP contribution < -0.4 is 5.32 Å². The van der Waals surface area contributed by atoms with Gasteiger partial charge in [-0.05, 0) is 30.7 Å². The molecule has 140 valence electrons. The summed E-state index contributed by atoms with van der Waals surface area (Å²) < 4.78 is 55.1. The molecule has 26 heavy (non-hydrogen) atoms. The van der Waals surface area contributed by atoms with E-state index in [1.54, 1.807) is 17.0 Å². The lowest BCUT2D eigenvalue weighted by Gasteiger charge is -2.26. The van der Waals surface area contributed by atoms with Gasteiger partial charge in [-0.3, -0.25) is 9.69 Å². The Labute approximate surface area is 149 Å². The van der Waals surface area contributed by atoms with Gasteiger partial charge in [0.15, 0.2) is 21.5 Å². The predicted molar refractivity (Wildman–Crippen MR) is 91.2 cm³/mol. The van der Waals surface area contributed by atoms with Crippen LogP contribution in [-0.4, -0.2) is 43.3 Å². The van der Waals surface area contributed by atoms with Gasteiger partial charge in [0.2, 0.25) is 5.91 Å². The third-order valence-electron chi connectivity index (χ3n) is 4.21. The fraction of sp³-hybridized carbons (Fsp3) is 0.353. The molecule has 3 rings (SSSR count). The predicted octanol–water partition coefficient (Wildman–Crippen LogP) is 2.19. The van der Waals surface area contributed by atoms with Crippen molar-refractivity contribution in [1.29, 1.82) is 0 Å². The number of amides is 1. The summed E-state index contributed by atoms with van der Waals surface area (Å²) in [5.41, 5.74) is 0.130. The normalized spacial score (nSPS) is 19.0. The number of hydrogen-bond acceptors (Lipinski definition) is 5. The molecule has 0 saturated carbocycles. The van der Waals surface area contributed by atoms with E-state index in [0.717, 1.165) is 12.1 Å². The fourth-order valence-corrected chi connectivity index (χ4v) is 4.70. The standard InChI is InChI=1S/C17H18F2N2O4S/c18-15-4-3-12(8-16(15)19)20-17(22)10-21(9-14-2-1-6-25-14)13-5-7-26(23,24)11-13/h1-4,6,8,13H,5,7,9-11H2,(H,20,22). The van der Waals surface area contributed by atoms with Crippen molar-refractivity contribution >= 4 is 21.4 Å². The van der Waals surface area contributed by atoms with Gasteiger partial charge in [0.1, 0.15) is 5.76 Å². The summed E-state index contributed by atoms with van der Waals surface area (Å²) in [5.74, 6) is -1.85. The van der Waals surface area contributed by atoms with E-state index < -0.39 is 27.4 Å². The molecule has 1 atom stereocenters. The van der Waals surface area contributed by atoms with Crippen LogP contribution >= 0.6 is 0 Å². The Morgan fingerprint density at radius 3 is 2.69 bits per heavy atom. The van der Waals surface area contributed by atoms with Crippen molar-refractivity contribution in [3.8, 4) is 0 Å². The van der Waals surface area contributed by atoms with E-state index in [2.05, 4.69) is 5.32 Å². The Morgan fingerprint density at radius 2 is 2.08 bits per heavy atom. The molecule has 0 aliphatic carbocycles. The lowest BCUT2D eigenvalue weighted by atomic mass is 10.2. The molecule has 1 N–H and O–H groups in total. The van der Waals surface area contributed by atoms with Gasteiger partial charge in [-0.1, -0.05) is 0 Å². The molecule has 0 radical (unpaired) electrons. The molecule has 1 aromatic carbocycles. The highest BCUT2D eigenvalue weighted by Gasteiger charge is 2.33. The number of carbonyl (C=O) groups is 1. The second-order valence-corrected chi connectivity index (χ2v) is 8.45. The van der Waals surface area contributed by atoms with Gasteiger partial charge in [0.25, 0.3) is 0 Å². The van der Waals surface area contributed by atoms with Gasteiger partial charge in [-0.15, -0.1) is 0 Å². The third-order valence-corrected chi connectivity index (χ3v) is 5.96. The Morgan fingerprint density at radius 1 is 1.27 bits per heavy atom. The lowest BCUT2D eigenvalue weighted by molar-refractivity contribution is -0.118. The summed E-state index contributed by atoms with van der Waals surface area (Å²) in [6.07, 6.45) is 1.93. The minimum atomic E-state index is -3.12. The number of nitrogens with zero attached hydrogens (tertiary/aromatic N) is 1. The fourth-order valence-electron chi connectivity index (χ4n) is 2.94. The summed E-state index contributed by atoms with van der Waals surface area (Å²) in [6.45, 7) is 0.179. The Hall–Kier alpha value is -2.26. The number of hydrogen-bond donors (Lipinski definition) is 1. The van der Waals surface area contributed by atoms with Crippen molar-refractivity contribution in [1.82, 2.24) is 4.90 Å². The van der Waals surface area contributed by atoms with E-state index in [1.165, 1.54) is 12.3 Å². The Bertz CT molecular complexity index is 884. The second kappa shape index (κ2) is 7.55. The van der Waals surface area contributed by atoms with Gasteiger partial charge in [-0.2, -0.15) is 0 Å². The van der Waals surface area contributed by atoms with Crippen LogP contribution in [0.3, 0.4) is 0 Å². The van der Waals surface area contributed by atoms with Crippen LogP contribution in [-0.2, 0) is 21.2 Å². The van der Waals surface area contributed by atoms with Gasteiger partial charge in [-0.25, -0.2) is 17.2 Å². The highest BCUT2D eigenvalue weighted by Crippen LogP contribution is 2.20. The number of sulfone groups is 1. The maximum absolute atomic E-state index is 13.3. The largest absolute Gasteiger partial charge is 0.468 e. The first-order valence-corrected chi connectivity index (χ1v) is 9.86. The average molecular weight is 384 g/mol. The Balaban J connectivity index is 1.69. The number of benzene rings is 1. The van der Waals surface area contributed by atoms with Crippen molar-refractivity contribution in [2.75, 3.05) is 23.4 Å². The van der Waals surface area contributed by atoms with Crippen LogP contribution in [0.25, 0.3) is 0 Å². The summed E-state index contributed by atoms with van der Waals surface area (Å²) in [5, 5.41) is 2.50. The van der Waals surface area contributed by atoms with Crippen molar-refractivity contribution in [2.24, 2.45) is 0 Å². The molecule has 9 heteroatoms. The zero-order valence-electron chi connectivity index (χ0n) is 13.8. The van der Waals surface area contributed by atoms with Gasteiger partial charge in [0, 0.05) is 17.8 Å². The average Bonchev–Trinajstić information content (AvgIpc) is 3.19. The molecular weight excluding hydrogens is 366 g/mol. The number of furan rings is 1. The Kier molecular flexibility index (Phi) is 5.38. The molecule has 1 unspecified atom stereocenters. The minimum absolute atomic E-state index is 0.0217. The SMILES string of the molecule is O=C(CN(Cc1ccco1)C1CCS(=O)(=O)C1)Nc1ccc(F)c(F)c1. The van der Waals surface area contributed by atoms with Crippen molar-refractivity contribution in [2.45, 2.75) is 19.0 Å². The van der Waals surface area contributed by atoms with Crippen LogP contribution in [0.5, 0.6) is 0 Å². The monoisotopic (exact) mass is 384 g/mol. The summed E-state index contributed by atoms with van der Waals surface area (Å²) in [6, 6.07) is 6.22.